The summed E-state index contributed by atoms with van der Waals surface area (Å²) in [5, 5.41) is 2.54. The number of benzene rings is 1. The molecule has 0 radical (unpaired) electrons. The third-order valence-corrected chi connectivity index (χ3v) is 5.87. The van der Waals surface area contributed by atoms with Gasteiger partial charge in [0.2, 0.25) is 5.92 Å². The summed E-state index contributed by atoms with van der Waals surface area (Å²) in [5.41, 5.74) is 0.627. The molecular weight excluding hydrogens is 408 g/mol. The number of Topliss-reactive ketones (excluding diaryl/α,β-unsaturated/α-hetero) is 1. The maximum atomic E-state index is 13.5. The van der Waals surface area contributed by atoms with Gasteiger partial charge in [0.25, 0.3) is 5.91 Å². The molecule has 7 nitrogen and oxygen atoms in total. The lowest BCUT2D eigenvalue weighted by Gasteiger charge is -2.34. The number of halogens is 2. The first-order chi connectivity index (χ1) is 14.7. The van der Waals surface area contributed by atoms with Gasteiger partial charge in [0.05, 0.1) is 19.9 Å². The van der Waals surface area contributed by atoms with Gasteiger partial charge in [0, 0.05) is 30.2 Å². The molecule has 31 heavy (non-hydrogen) atoms. The zero-order chi connectivity index (χ0) is 22.2. The molecule has 1 N–H and O–H groups in total. The van der Waals surface area contributed by atoms with Crippen LogP contribution < -0.4 is 10.1 Å². The highest BCUT2D eigenvalue weighted by atomic mass is 19.3. The minimum Gasteiger partial charge on any atom is -0.495 e. The number of methoxy groups -OCH3 is 1. The lowest BCUT2D eigenvalue weighted by atomic mass is 9.80. The first kappa shape index (κ1) is 20.9. The Bertz CT molecular complexity index is 1030. The fourth-order valence-electron chi connectivity index (χ4n) is 3.97. The van der Waals surface area contributed by atoms with E-state index in [9.17, 15) is 23.2 Å². The van der Waals surface area contributed by atoms with Gasteiger partial charge in [-0.3, -0.25) is 19.5 Å². The minimum absolute atomic E-state index is 0.140. The molecule has 1 aliphatic heterocycles. The molecule has 3 amide bonds. The standard InChI is InChI=1S/C22H21F2N3O4/c1-31-17-10-16(11-25-12-17)14-2-4-15(5-3-14)18(28)13-27-19(29)21(26-20(27)30)6-8-22(23,24)9-7-21/h2-5,10-12H,6-9,13H2,1H3,(H,26,30). The third kappa shape index (κ3) is 3.99. The van der Waals surface area contributed by atoms with Crippen LogP contribution in [-0.4, -0.2) is 52.7 Å². The maximum absolute atomic E-state index is 13.5. The Balaban J connectivity index is 1.46. The van der Waals surface area contributed by atoms with Gasteiger partial charge >= 0.3 is 6.03 Å². The number of carbonyl (C=O) groups is 3. The van der Waals surface area contributed by atoms with Crippen molar-refractivity contribution < 1.29 is 27.9 Å². The zero-order valence-corrected chi connectivity index (χ0v) is 16.9. The van der Waals surface area contributed by atoms with Gasteiger partial charge < -0.3 is 10.1 Å². The Morgan fingerprint density at radius 1 is 1.10 bits per heavy atom. The highest BCUT2D eigenvalue weighted by Crippen LogP contribution is 2.41. The largest absolute Gasteiger partial charge is 0.495 e. The molecular formula is C22H21F2N3O4. The van der Waals surface area contributed by atoms with Crippen molar-refractivity contribution in [2.75, 3.05) is 13.7 Å². The predicted molar refractivity (Wildman–Crippen MR) is 107 cm³/mol. The van der Waals surface area contributed by atoms with Crippen molar-refractivity contribution in [3.05, 3.63) is 48.3 Å². The second-order valence-corrected chi connectivity index (χ2v) is 7.87. The molecule has 4 rings (SSSR count). The number of hydrogen-bond acceptors (Lipinski definition) is 5. The van der Waals surface area contributed by atoms with Gasteiger partial charge in [0.1, 0.15) is 11.3 Å². The molecule has 2 heterocycles. The van der Waals surface area contributed by atoms with E-state index in [1.165, 1.54) is 0 Å². The molecule has 1 spiro atoms. The molecule has 1 saturated carbocycles. The fourth-order valence-corrected chi connectivity index (χ4v) is 3.97. The zero-order valence-electron chi connectivity index (χ0n) is 16.9. The summed E-state index contributed by atoms with van der Waals surface area (Å²) in [4.78, 5) is 42.7. The first-order valence-corrected chi connectivity index (χ1v) is 9.88. The summed E-state index contributed by atoms with van der Waals surface area (Å²) in [6.45, 7) is -0.442. The smallest absolute Gasteiger partial charge is 0.325 e. The van der Waals surface area contributed by atoms with Crippen LogP contribution in [0.3, 0.4) is 0 Å². The summed E-state index contributed by atoms with van der Waals surface area (Å²) in [7, 11) is 1.54. The van der Waals surface area contributed by atoms with E-state index in [0.717, 1.165) is 16.0 Å². The van der Waals surface area contributed by atoms with Crippen LogP contribution in [0.25, 0.3) is 11.1 Å². The molecule has 162 valence electrons. The Morgan fingerprint density at radius 3 is 2.42 bits per heavy atom. The number of imide groups is 1. The van der Waals surface area contributed by atoms with Crippen LogP contribution in [0, 0.1) is 0 Å². The van der Waals surface area contributed by atoms with Crippen molar-refractivity contribution in [3.63, 3.8) is 0 Å². The quantitative estimate of drug-likeness (QED) is 0.581. The Labute approximate surface area is 177 Å². The lowest BCUT2D eigenvalue weighted by Crippen LogP contribution is -2.51. The average Bonchev–Trinajstić information content (AvgIpc) is 3.00. The summed E-state index contributed by atoms with van der Waals surface area (Å²) in [6, 6.07) is 7.77. The maximum Gasteiger partial charge on any atom is 0.325 e. The van der Waals surface area contributed by atoms with E-state index in [2.05, 4.69) is 10.3 Å². The second-order valence-electron chi connectivity index (χ2n) is 7.87. The number of nitrogens with one attached hydrogen (secondary N) is 1. The number of ketones is 1. The van der Waals surface area contributed by atoms with Crippen LogP contribution in [-0.2, 0) is 4.79 Å². The van der Waals surface area contributed by atoms with Crippen LogP contribution in [0.2, 0.25) is 0 Å². The first-order valence-electron chi connectivity index (χ1n) is 9.88. The Kier molecular flexibility index (Phi) is 5.20. The number of alkyl halides is 2. The van der Waals surface area contributed by atoms with Gasteiger partial charge in [0.15, 0.2) is 5.78 Å². The van der Waals surface area contributed by atoms with E-state index in [1.807, 2.05) is 6.07 Å². The van der Waals surface area contributed by atoms with Crippen LogP contribution in [0.5, 0.6) is 5.75 Å². The third-order valence-electron chi connectivity index (χ3n) is 5.87. The van der Waals surface area contributed by atoms with Crippen molar-refractivity contribution in [3.8, 4) is 16.9 Å². The molecule has 0 bridgehead atoms. The van der Waals surface area contributed by atoms with E-state index >= 15 is 0 Å². The number of urea groups is 1. The Hall–Kier alpha value is -3.36. The topological polar surface area (TPSA) is 88.6 Å². The molecule has 0 unspecified atom stereocenters. The molecule has 0 atom stereocenters. The van der Waals surface area contributed by atoms with E-state index < -0.39 is 48.6 Å². The van der Waals surface area contributed by atoms with Crippen molar-refractivity contribution in [1.29, 1.82) is 0 Å². The van der Waals surface area contributed by atoms with Crippen molar-refractivity contribution in [1.82, 2.24) is 15.2 Å². The minimum atomic E-state index is -2.83. The number of rotatable bonds is 5. The van der Waals surface area contributed by atoms with E-state index in [-0.39, 0.29) is 12.8 Å². The van der Waals surface area contributed by atoms with Gasteiger partial charge in [-0.15, -0.1) is 0 Å². The van der Waals surface area contributed by atoms with Gasteiger partial charge in [-0.05, 0) is 24.5 Å². The molecule has 1 aromatic carbocycles. The lowest BCUT2D eigenvalue weighted by molar-refractivity contribution is -0.135. The fraction of sp³-hybridized carbons (Fsp3) is 0.364. The summed E-state index contributed by atoms with van der Waals surface area (Å²) < 4.78 is 32.1. The molecule has 1 aliphatic carbocycles. The molecule has 2 aliphatic rings. The van der Waals surface area contributed by atoms with Gasteiger partial charge in [-0.2, -0.15) is 0 Å². The summed E-state index contributed by atoms with van der Waals surface area (Å²) in [5.74, 6) is -3.26. The van der Waals surface area contributed by atoms with Crippen molar-refractivity contribution in [2.24, 2.45) is 0 Å². The number of aromatic nitrogens is 1. The summed E-state index contributed by atoms with van der Waals surface area (Å²) in [6.07, 6.45) is 2.03. The molecule has 9 heteroatoms. The number of hydrogen-bond donors (Lipinski definition) is 1. The number of nitrogens with zero attached hydrogens (tertiary/aromatic N) is 2. The van der Waals surface area contributed by atoms with Crippen molar-refractivity contribution in [2.45, 2.75) is 37.1 Å². The van der Waals surface area contributed by atoms with E-state index in [4.69, 9.17) is 4.74 Å². The van der Waals surface area contributed by atoms with Gasteiger partial charge in [-0.25, -0.2) is 13.6 Å². The summed E-state index contributed by atoms with van der Waals surface area (Å²) >= 11 is 0. The number of amides is 3. The van der Waals surface area contributed by atoms with Crippen LogP contribution in [0.15, 0.2) is 42.7 Å². The van der Waals surface area contributed by atoms with Crippen LogP contribution in [0.4, 0.5) is 13.6 Å². The predicted octanol–water partition coefficient (Wildman–Crippen LogP) is 3.44. The SMILES string of the molecule is COc1cncc(-c2ccc(C(=O)CN3C(=O)NC4(CCC(F)(F)CC4)C3=O)cc2)c1. The van der Waals surface area contributed by atoms with E-state index in [1.54, 1.807) is 43.8 Å². The number of ether oxygens (including phenoxy) is 1. The number of pyridine rings is 1. The second kappa shape index (κ2) is 7.72. The molecule has 2 aromatic rings. The normalized spacial score (nSPS) is 19.4. The monoisotopic (exact) mass is 429 g/mol. The molecule has 2 fully saturated rings. The molecule has 1 saturated heterocycles. The highest BCUT2D eigenvalue weighted by molar-refractivity contribution is 6.11. The van der Waals surface area contributed by atoms with Crippen LogP contribution >= 0.6 is 0 Å². The van der Waals surface area contributed by atoms with E-state index in [0.29, 0.717) is 11.3 Å². The average molecular weight is 429 g/mol. The Morgan fingerprint density at radius 2 is 1.77 bits per heavy atom. The van der Waals surface area contributed by atoms with Crippen LogP contribution in [0.1, 0.15) is 36.0 Å². The number of carbonyl (C=O) groups excluding carboxylic acids is 3. The highest BCUT2D eigenvalue weighted by Gasteiger charge is 2.55. The van der Waals surface area contributed by atoms with Gasteiger partial charge in [-0.1, -0.05) is 24.3 Å². The molecule has 1 aromatic heterocycles. The van der Waals surface area contributed by atoms with Crippen molar-refractivity contribution >= 4 is 17.7 Å².